The molecular formula is C15H18N2O3S. The van der Waals surface area contributed by atoms with Gasteiger partial charge in [0.05, 0.1) is 4.90 Å². The molecule has 0 aliphatic heterocycles. The first-order valence-corrected chi connectivity index (χ1v) is 8.47. The van der Waals surface area contributed by atoms with E-state index in [-0.39, 0.29) is 0 Å². The van der Waals surface area contributed by atoms with Crippen LogP contribution in [-0.4, -0.2) is 32.8 Å². The van der Waals surface area contributed by atoms with E-state index >= 15 is 0 Å². The van der Waals surface area contributed by atoms with E-state index in [0.29, 0.717) is 23.8 Å². The Balaban J connectivity index is 1.71. The SMILES string of the molecule is CS(=O)(=O)c1ccc(OCCNCc2ccncc2)cc1. The van der Waals surface area contributed by atoms with E-state index in [2.05, 4.69) is 10.3 Å². The molecule has 0 amide bonds. The van der Waals surface area contributed by atoms with Crippen LogP contribution < -0.4 is 10.1 Å². The van der Waals surface area contributed by atoms with Gasteiger partial charge in [-0.1, -0.05) is 0 Å². The van der Waals surface area contributed by atoms with E-state index in [9.17, 15) is 8.42 Å². The van der Waals surface area contributed by atoms with Crippen molar-refractivity contribution in [2.24, 2.45) is 0 Å². The first kappa shape index (κ1) is 15.5. The van der Waals surface area contributed by atoms with Crippen molar-refractivity contribution in [3.63, 3.8) is 0 Å². The molecule has 0 saturated carbocycles. The van der Waals surface area contributed by atoms with Gasteiger partial charge in [-0.15, -0.1) is 0 Å². The highest BCUT2D eigenvalue weighted by Gasteiger charge is 2.06. The Hall–Kier alpha value is -1.92. The van der Waals surface area contributed by atoms with Gasteiger partial charge in [-0.3, -0.25) is 4.98 Å². The zero-order valence-corrected chi connectivity index (χ0v) is 12.6. The van der Waals surface area contributed by atoms with Gasteiger partial charge in [0.15, 0.2) is 9.84 Å². The molecule has 2 rings (SSSR count). The van der Waals surface area contributed by atoms with Crippen molar-refractivity contribution < 1.29 is 13.2 Å². The number of hydrogen-bond acceptors (Lipinski definition) is 5. The van der Waals surface area contributed by atoms with Gasteiger partial charge < -0.3 is 10.1 Å². The number of aromatic nitrogens is 1. The summed E-state index contributed by atoms with van der Waals surface area (Å²) in [6.45, 7) is 1.98. The average Bonchev–Trinajstić information content (AvgIpc) is 2.47. The van der Waals surface area contributed by atoms with Crippen LogP contribution in [0.25, 0.3) is 0 Å². The van der Waals surface area contributed by atoms with Crippen LogP contribution in [0.2, 0.25) is 0 Å². The van der Waals surface area contributed by atoms with Crippen molar-refractivity contribution in [1.29, 1.82) is 0 Å². The van der Waals surface area contributed by atoms with Crippen LogP contribution in [0.5, 0.6) is 5.75 Å². The van der Waals surface area contributed by atoms with Crippen LogP contribution in [0.4, 0.5) is 0 Å². The maximum atomic E-state index is 11.3. The second-order valence-corrected chi connectivity index (χ2v) is 6.64. The highest BCUT2D eigenvalue weighted by Crippen LogP contribution is 2.15. The lowest BCUT2D eigenvalue weighted by atomic mass is 10.3. The molecule has 1 aromatic heterocycles. The number of pyridine rings is 1. The van der Waals surface area contributed by atoms with Crippen molar-refractivity contribution >= 4 is 9.84 Å². The molecule has 5 nitrogen and oxygen atoms in total. The standard InChI is InChI=1S/C15H18N2O3S/c1-21(18,19)15-4-2-14(3-5-15)20-11-10-17-12-13-6-8-16-9-7-13/h2-9,17H,10-12H2,1H3. The zero-order valence-electron chi connectivity index (χ0n) is 11.8. The minimum Gasteiger partial charge on any atom is -0.492 e. The molecule has 0 unspecified atom stereocenters. The molecule has 0 aliphatic rings. The fourth-order valence-electron chi connectivity index (χ4n) is 1.76. The normalized spacial score (nSPS) is 11.3. The third kappa shape index (κ3) is 5.17. The molecule has 0 radical (unpaired) electrons. The molecule has 0 saturated heterocycles. The van der Waals surface area contributed by atoms with Crippen LogP contribution in [0.15, 0.2) is 53.7 Å². The smallest absolute Gasteiger partial charge is 0.175 e. The van der Waals surface area contributed by atoms with Gasteiger partial charge in [-0.2, -0.15) is 0 Å². The monoisotopic (exact) mass is 306 g/mol. The quantitative estimate of drug-likeness (QED) is 0.788. The number of nitrogens with zero attached hydrogens (tertiary/aromatic N) is 1. The summed E-state index contributed by atoms with van der Waals surface area (Å²) in [5.74, 6) is 0.660. The van der Waals surface area contributed by atoms with Gasteiger partial charge in [0.1, 0.15) is 12.4 Å². The lowest BCUT2D eigenvalue weighted by Crippen LogP contribution is -2.20. The molecule has 1 N–H and O–H groups in total. The second kappa shape index (κ2) is 7.19. The summed E-state index contributed by atoms with van der Waals surface area (Å²) in [5.41, 5.74) is 1.17. The summed E-state index contributed by atoms with van der Waals surface area (Å²) in [6.07, 6.45) is 4.71. The van der Waals surface area contributed by atoms with Crippen molar-refractivity contribution in [2.75, 3.05) is 19.4 Å². The second-order valence-electron chi connectivity index (χ2n) is 4.62. The highest BCUT2D eigenvalue weighted by molar-refractivity contribution is 7.90. The fourth-order valence-corrected chi connectivity index (χ4v) is 2.39. The minimum atomic E-state index is -3.15. The topological polar surface area (TPSA) is 68.3 Å². The number of hydrogen-bond donors (Lipinski definition) is 1. The van der Waals surface area contributed by atoms with Crippen LogP contribution in [0.3, 0.4) is 0 Å². The summed E-state index contributed by atoms with van der Waals surface area (Å²) in [7, 11) is -3.15. The maximum absolute atomic E-state index is 11.3. The minimum absolute atomic E-state index is 0.297. The predicted molar refractivity (Wildman–Crippen MR) is 81.0 cm³/mol. The summed E-state index contributed by atoms with van der Waals surface area (Å²) in [6, 6.07) is 10.3. The molecule has 1 heterocycles. The highest BCUT2D eigenvalue weighted by atomic mass is 32.2. The first-order valence-electron chi connectivity index (χ1n) is 6.58. The number of sulfone groups is 1. The van der Waals surface area contributed by atoms with E-state index in [4.69, 9.17) is 4.74 Å². The molecule has 0 fully saturated rings. The number of benzene rings is 1. The van der Waals surface area contributed by atoms with Gasteiger partial charge in [-0.05, 0) is 42.0 Å². The Labute approximate surface area is 124 Å². The van der Waals surface area contributed by atoms with Crippen molar-refractivity contribution in [3.05, 3.63) is 54.4 Å². The Morgan fingerprint density at radius 2 is 1.76 bits per heavy atom. The Bertz CT molecular complexity index is 655. The van der Waals surface area contributed by atoms with E-state index in [1.54, 1.807) is 36.7 Å². The molecule has 21 heavy (non-hydrogen) atoms. The lowest BCUT2D eigenvalue weighted by molar-refractivity contribution is 0.313. The molecule has 112 valence electrons. The van der Waals surface area contributed by atoms with E-state index < -0.39 is 9.84 Å². The summed E-state index contributed by atoms with van der Waals surface area (Å²) < 4.78 is 28.2. The largest absolute Gasteiger partial charge is 0.492 e. The summed E-state index contributed by atoms with van der Waals surface area (Å²) in [5, 5.41) is 3.26. The van der Waals surface area contributed by atoms with Crippen molar-refractivity contribution in [3.8, 4) is 5.75 Å². The zero-order chi connectivity index (χ0) is 15.1. The van der Waals surface area contributed by atoms with Gasteiger partial charge in [0, 0.05) is 31.7 Å². The van der Waals surface area contributed by atoms with Gasteiger partial charge in [0.25, 0.3) is 0 Å². The molecule has 1 aromatic carbocycles. The number of ether oxygens (including phenoxy) is 1. The molecule has 0 spiro atoms. The van der Waals surface area contributed by atoms with Crippen LogP contribution >= 0.6 is 0 Å². The molecule has 0 aliphatic carbocycles. The van der Waals surface area contributed by atoms with Crippen LogP contribution in [0.1, 0.15) is 5.56 Å². The Morgan fingerprint density at radius 3 is 2.38 bits per heavy atom. The molecule has 6 heteroatoms. The number of rotatable bonds is 7. The molecule has 0 atom stereocenters. The third-order valence-electron chi connectivity index (χ3n) is 2.88. The number of nitrogens with one attached hydrogen (secondary N) is 1. The average molecular weight is 306 g/mol. The Kier molecular flexibility index (Phi) is 5.30. The van der Waals surface area contributed by atoms with Gasteiger partial charge >= 0.3 is 0 Å². The van der Waals surface area contributed by atoms with Gasteiger partial charge in [0.2, 0.25) is 0 Å². The predicted octanol–water partition coefficient (Wildman–Crippen LogP) is 1.65. The maximum Gasteiger partial charge on any atom is 0.175 e. The van der Waals surface area contributed by atoms with E-state index in [1.165, 1.54) is 11.8 Å². The molecule has 2 aromatic rings. The summed E-state index contributed by atoms with van der Waals surface area (Å²) >= 11 is 0. The fraction of sp³-hybridized carbons (Fsp3) is 0.267. The van der Waals surface area contributed by atoms with Crippen molar-refractivity contribution in [1.82, 2.24) is 10.3 Å². The summed E-state index contributed by atoms with van der Waals surface area (Å²) in [4.78, 5) is 4.26. The molecule has 0 bridgehead atoms. The van der Waals surface area contributed by atoms with Crippen molar-refractivity contribution in [2.45, 2.75) is 11.4 Å². The van der Waals surface area contributed by atoms with Gasteiger partial charge in [-0.25, -0.2) is 8.42 Å². The van der Waals surface area contributed by atoms with E-state index in [0.717, 1.165) is 6.54 Å². The third-order valence-corrected chi connectivity index (χ3v) is 4.01. The van der Waals surface area contributed by atoms with Crippen LogP contribution in [0, 0.1) is 0 Å². The molecular weight excluding hydrogens is 288 g/mol. The first-order chi connectivity index (χ1) is 10.1. The lowest BCUT2D eigenvalue weighted by Gasteiger charge is -2.08. The Morgan fingerprint density at radius 1 is 1.10 bits per heavy atom. The van der Waals surface area contributed by atoms with Crippen LogP contribution in [-0.2, 0) is 16.4 Å². The van der Waals surface area contributed by atoms with E-state index in [1.807, 2.05) is 12.1 Å².